The van der Waals surface area contributed by atoms with Crippen LogP contribution in [0.4, 0.5) is 0 Å². The van der Waals surface area contributed by atoms with Crippen LogP contribution >= 0.6 is 0 Å². The number of aromatic nitrogens is 4. The highest BCUT2D eigenvalue weighted by molar-refractivity contribution is 6.12. The molecule has 3 heterocycles. The van der Waals surface area contributed by atoms with E-state index in [-0.39, 0.29) is 0 Å². The summed E-state index contributed by atoms with van der Waals surface area (Å²) in [7, 11) is 0. The minimum absolute atomic E-state index is 0.895. The molecular weight excluding hydrogens is 741 g/mol. The molecule has 4 nitrogen and oxygen atoms in total. The molecule has 0 N–H and O–H groups in total. The number of rotatable bonds is 7. The van der Waals surface area contributed by atoms with E-state index in [2.05, 4.69) is 244 Å². The lowest BCUT2D eigenvalue weighted by atomic mass is 10.0. The highest BCUT2D eigenvalue weighted by atomic mass is 15.1. The lowest BCUT2D eigenvalue weighted by Crippen LogP contribution is -2.00. The lowest BCUT2D eigenvalue weighted by Gasteiger charge is -2.14. The number of nitrogens with zero attached hydrogens (tertiary/aromatic N) is 4. The van der Waals surface area contributed by atoms with Crippen molar-refractivity contribution >= 4 is 43.6 Å². The molecule has 9 aromatic carbocycles. The van der Waals surface area contributed by atoms with E-state index in [4.69, 9.17) is 4.98 Å². The normalized spacial score (nSPS) is 11.6. The smallest absolute Gasteiger partial charge is 0.145 e. The van der Waals surface area contributed by atoms with Gasteiger partial charge in [0.2, 0.25) is 0 Å². The van der Waals surface area contributed by atoms with E-state index in [1.807, 2.05) is 0 Å². The number of hydrogen-bond donors (Lipinski definition) is 0. The molecule has 0 radical (unpaired) electrons. The van der Waals surface area contributed by atoms with Crippen molar-refractivity contribution < 1.29 is 0 Å². The molecule has 0 bridgehead atoms. The Morgan fingerprint density at radius 1 is 0.262 bits per heavy atom. The molecule has 286 valence electrons. The molecule has 0 fully saturated rings. The molecule has 4 heteroatoms. The van der Waals surface area contributed by atoms with Crippen LogP contribution in [0.15, 0.2) is 231 Å². The van der Waals surface area contributed by atoms with Crippen molar-refractivity contribution in [2.75, 3.05) is 0 Å². The molecule has 0 unspecified atom stereocenters. The van der Waals surface area contributed by atoms with Gasteiger partial charge >= 0.3 is 0 Å². The zero-order valence-electron chi connectivity index (χ0n) is 33.2. The van der Waals surface area contributed by atoms with Crippen LogP contribution in [0.1, 0.15) is 0 Å². The number of para-hydroxylation sites is 4. The van der Waals surface area contributed by atoms with Crippen LogP contribution in [0, 0.1) is 0 Å². The summed E-state index contributed by atoms with van der Waals surface area (Å²) < 4.78 is 7.07. The summed E-state index contributed by atoms with van der Waals surface area (Å²) in [4.78, 5) is 5.44. The molecule has 3 aromatic heterocycles. The first-order valence-electron chi connectivity index (χ1n) is 20.8. The van der Waals surface area contributed by atoms with Crippen LogP contribution < -0.4 is 0 Å². The van der Waals surface area contributed by atoms with Gasteiger partial charge in [0.05, 0.1) is 33.5 Å². The van der Waals surface area contributed by atoms with E-state index < -0.39 is 0 Å². The van der Waals surface area contributed by atoms with Crippen molar-refractivity contribution in [1.82, 2.24) is 18.7 Å². The van der Waals surface area contributed by atoms with E-state index in [0.29, 0.717) is 0 Å². The van der Waals surface area contributed by atoms with Gasteiger partial charge in [-0.15, -0.1) is 0 Å². The summed E-state index contributed by atoms with van der Waals surface area (Å²) in [5.74, 6) is 0.895. The molecule has 0 aliphatic rings. The molecule has 61 heavy (non-hydrogen) atoms. The molecule has 0 atom stereocenters. The second-order valence-electron chi connectivity index (χ2n) is 15.6. The van der Waals surface area contributed by atoms with Crippen LogP contribution in [0.5, 0.6) is 0 Å². The minimum Gasteiger partial charge on any atom is -0.309 e. The molecule has 0 aliphatic carbocycles. The molecule has 0 aliphatic heterocycles. The maximum absolute atomic E-state index is 5.44. The first-order valence-corrected chi connectivity index (χ1v) is 20.8. The largest absolute Gasteiger partial charge is 0.309 e. The van der Waals surface area contributed by atoms with Gasteiger partial charge in [-0.2, -0.15) is 0 Å². The molecule has 0 saturated carbocycles. The third-order valence-corrected chi connectivity index (χ3v) is 12.1. The summed E-state index contributed by atoms with van der Waals surface area (Å²) in [5, 5.41) is 4.95. The maximum atomic E-state index is 5.44. The zero-order valence-corrected chi connectivity index (χ0v) is 33.2. The highest BCUT2D eigenvalue weighted by Gasteiger charge is 2.23. The van der Waals surface area contributed by atoms with Crippen molar-refractivity contribution in [2.24, 2.45) is 0 Å². The van der Waals surface area contributed by atoms with Gasteiger partial charge in [-0.25, -0.2) is 4.98 Å². The number of benzene rings is 9. The SMILES string of the molecule is c1ccc(-c2nc(-c3ccc(-n4c5ccccc5c5cc(-c6ccc7c(c6)c6ccccc6n7-c6ccccc6)ccc54)cc3)n(-c3ccccc3)c2-c2ccccc2)cc1. The average Bonchev–Trinajstić information content (AvgIpc) is 4.01. The standard InChI is InChI=1S/C57H38N4/c1-5-17-39(18-6-1)55-56(40-19-7-2-8-20-40)61(45-23-11-4-12-24-45)57(58-55)41-29-33-46(34-30-41)60-52-28-16-14-26-48(52)50-38-43(32-36-54(50)60)42-31-35-53-49(37-42)47-25-13-15-27-51(47)59(53)44-21-9-3-10-22-44/h1-38H. The van der Waals surface area contributed by atoms with E-state index in [0.717, 1.165) is 45.3 Å². The quantitative estimate of drug-likeness (QED) is 0.158. The average molecular weight is 779 g/mol. The number of fused-ring (bicyclic) bond motifs is 6. The van der Waals surface area contributed by atoms with Crippen molar-refractivity contribution in [1.29, 1.82) is 0 Å². The van der Waals surface area contributed by atoms with Crippen LogP contribution in [-0.4, -0.2) is 18.7 Å². The first-order chi connectivity index (χ1) is 30.3. The Hall–Kier alpha value is -8.21. The lowest BCUT2D eigenvalue weighted by molar-refractivity contribution is 1.07. The number of imidazole rings is 1. The van der Waals surface area contributed by atoms with Gasteiger partial charge in [-0.3, -0.25) is 4.57 Å². The summed E-state index contributed by atoms with van der Waals surface area (Å²) in [6.45, 7) is 0. The van der Waals surface area contributed by atoms with Crippen molar-refractivity contribution in [3.63, 3.8) is 0 Å². The molecule has 0 saturated heterocycles. The predicted molar refractivity (Wildman–Crippen MR) is 254 cm³/mol. The van der Waals surface area contributed by atoms with Gasteiger partial charge in [0.15, 0.2) is 0 Å². The fourth-order valence-electron chi connectivity index (χ4n) is 9.30. The van der Waals surface area contributed by atoms with Gasteiger partial charge in [-0.1, -0.05) is 146 Å². The third-order valence-electron chi connectivity index (χ3n) is 12.1. The maximum Gasteiger partial charge on any atom is 0.145 e. The van der Waals surface area contributed by atoms with E-state index >= 15 is 0 Å². The van der Waals surface area contributed by atoms with Gasteiger partial charge < -0.3 is 9.13 Å². The van der Waals surface area contributed by atoms with Crippen LogP contribution in [0.3, 0.4) is 0 Å². The molecular formula is C57H38N4. The van der Waals surface area contributed by atoms with E-state index in [9.17, 15) is 0 Å². The summed E-state index contributed by atoms with van der Waals surface area (Å²) in [6, 6.07) is 82.6. The minimum atomic E-state index is 0.895. The summed E-state index contributed by atoms with van der Waals surface area (Å²) in [5.41, 5.74) is 15.7. The van der Waals surface area contributed by atoms with Gasteiger partial charge in [0.25, 0.3) is 0 Å². The third kappa shape index (κ3) is 5.72. The molecule has 12 rings (SSSR count). The predicted octanol–water partition coefficient (Wildman–Crippen LogP) is 14.7. The Morgan fingerprint density at radius 2 is 0.656 bits per heavy atom. The monoisotopic (exact) mass is 778 g/mol. The first kappa shape index (κ1) is 34.8. The van der Waals surface area contributed by atoms with E-state index in [1.165, 1.54) is 60.4 Å². The second-order valence-corrected chi connectivity index (χ2v) is 15.6. The topological polar surface area (TPSA) is 27.7 Å². The second kappa shape index (κ2) is 14.3. The molecule has 12 aromatic rings. The van der Waals surface area contributed by atoms with Crippen molar-refractivity contribution in [3.8, 4) is 62.1 Å². The van der Waals surface area contributed by atoms with Crippen LogP contribution in [-0.2, 0) is 0 Å². The summed E-state index contributed by atoms with van der Waals surface area (Å²) >= 11 is 0. The van der Waals surface area contributed by atoms with Crippen molar-refractivity contribution in [3.05, 3.63) is 231 Å². The fourth-order valence-corrected chi connectivity index (χ4v) is 9.30. The Bertz CT molecular complexity index is 3540. The summed E-state index contributed by atoms with van der Waals surface area (Å²) in [6.07, 6.45) is 0. The van der Waals surface area contributed by atoms with E-state index in [1.54, 1.807) is 0 Å². The fraction of sp³-hybridized carbons (Fsp3) is 0. The Kier molecular flexibility index (Phi) is 8.13. The Morgan fingerprint density at radius 3 is 1.18 bits per heavy atom. The molecule has 0 spiro atoms. The van der Waals surface area contributed by atoms with Crippen molar-refractivity contribution in [2.45, 2.75) is 0 Å². The van der Waals surface area contributed by atoms with Gasteiger partial charge in [0, 0.05) is 55.3 Å². The highest BCUT2D eigenvalue weighted by Crippen LogP contribution is 2.41. The Labute approximate surface area is 353 Å². The Balaban J connectivity index is 0.987. The van der Waals surface area contributed by atoms with Crippen LogP contribution in [0.25, 0.3) is 106 Å². The van der Waals surface area contributed by atoms with Gasteiger partial charge in [0.1, 0.15) is 5.82 Å². The number of hydrogen-bond acceptors (Lipinski definition) is 1. The molecule has 0 amide bonds. The van der Waals surface area contributed by atoms with Gasteiger partial charge in [-0.05, 0) is 96.1 Å². The zero-order chi connectivity index (χ0) is 40.3. The van der Waals surface area contributed by atoms with Crippen LogP contribution in [0.2, 0.25) is 0 Å².